The number of ketones is 1. The summed E-state index contributed by atoms with van der Waals surface area (Å²) in [5, 5.41) is 2.95. The molecule has 3 nitrogen and oxygen atoms in total. The number of pyridine rings is 1. The standard InChI is InChI=1S/C10H8ClF3N2O/c1-6(4-8(17)10(12,13)14)16-9-3-2-7(11)5-15-9/h2-5H,1H3,(H,15,16)/b6-4+. The van der Waals surface area contributed by atoms with Crippen molar-refractivity contribution in [3.05, 3.63) is 35.1 Å². The van der Waals surface area contributed by atoms with Gasteiger partial charge in [-0.1, -0.05) is 11.6 Å². The molecule has 1 heterocycles. The topological polar surface area (TPSA) is 42.0 Å². The number of carbonyl (C=O) groups is 1. The summed E-state index contributed by atoms with van der Waals surface area (Å²) in [5.74, 6) is -1.62. The Hall–Kier alpha value is -1.56. The maximum atomic E-state index is 11.9. The average Bonchev–Trinajstić information content (AvgIpc) is 2.20. The molecule has 0 spiro atoms. The molecule has 0 aromatic carbocycles. The smallest absolute Gasteiger partial charge is 0.344 e. The molecule has 0 bridgehead atoms. The quantitative estimate of drug-likeness (QED) is 0.853. The highest BCUT2D eigenvalue weighted by Crippen LogP contribution is 2.18. The predicted octanol–water partition coefficient (Wildman–Crippen LogP) is 3.18. The van der Waals surface area contributed by atoms with E-state index in [0.717, 1.165) is 0 Å². The lowest BCUT2D eigenvalue weighted by molar-refractivity contribution is -0.165. The van der Waals surface area contributed by atoms with Crippen LogP contribution in [0.4, 0.5) is 19.0 Å². The molecule has 17 heavy (non-hydrogen) atoms. The third-order valence-corrected chi connectivity index (χ3v) is 1.90. The molecule has 0 amide bonds. The highest BCUT2D eigenvalue weighted by Gasteiger charge is 2.36. The minimum atomic E-state index is -4.86. The lowest BCUT2D eigenvalue weighted by Crippen LogP contribution is -2.21. The Kier molecular flexibility index (Phi) is 4.11. The van der Waals surface area contributed by atoms with E-state index in [1.54, 1.807) is 0 Å². The van der Waals surface area contributed by atoms with Gasteiger partial charge >= 0.3 is 6.18 Å². The van der Waals surface area contributed by atoms with Crippen molar-refractivity contribution in [2.24, 2.45) is 0 Å². The molecular formula is C10H8ClF3N2O. The summed E-state index contributed by atoms with van der Waals surface area (Å²) in [7, 11) is 0. The predicted molar refractivity (Wildman–Crippen MR) is 57.7 cm³/mol. The Balaban J connectivity index is 2.72. The third-order valence-electron chi connectivity index (χ3n) is 1.68. The molecule has 92 valence electrons. The minimum Gasteiger partial charge on any atom is -0.344 e. The van der Waals surface area contributed by atoms with Gasteiger partial charge in [0, 0.05) is 18.0 Å². The van der Waals surface area contributed by atoms with Crippen LogP contribution in [-0.4, -0.2) is 16.9 Å². The molecule has 0 unspecified atom stereocenters. The van der Waals surface area contributed by atoms with Gasteiger partial charge in [0.25, 0.3) is 5.78 Å². The highest BCUT2D eigenvalue weighted by molar-refractivity contribution is 6.30. The van der Waals surface area contributed by atoms with Crippen molar-refractivity contribution in [2.75, 3.05) is 5.32 Å². The number of carbonyl (C=O) groups excluding carboxylic acids is 1. The zero-order valence-corrected chi connectivity index (χ0v) is 9.43. The molecule has 0 aliphatic rings. The highest BCUT2D eigenvalue weighted by atomic mass is 35.5. The average molecular weight is 265 g/mol. The molecule has 7 heteroatoms. The molecule has 0 aliphatic carbocycles. The first-order valence-corrected chi connectivity index (χ1v) is 4.85. The lowest BCUT2D eigenvalue weighted by atomic mass is 10.3. The van der Waals surface area contributed by atoms with Crippen LogP contribution in [0.3, 0.4) is 0 Å². The van der Waals surface area contributed by atoms with Gasteiger partial charge in [-0.2, -0.15) is 13.2 Å². The molecule has 1 N–H and O–H groups in total. The largest absolute Gasteiger partial charge is 0.454 e. The monoisotopic (exact) mass is 264 g/mol. The van der Waals surface area contributed by atoms with Crippen LogP contribution in [0.5, 0.6) is 0 Å². The van der Waals surface area contributed by atoms with Crippen molar-refractivity contribution in [1.29, 1.82) is 0 Å². The Labute approximate surface area is 100 Å². The van der Waals surface area contributed by atoms with Crippen molar-refractivity contribution in [1.82, 2.24) is 4.98 Å². The van der Waals surface area contributed by atoms with Gasteiger partial charge in [-0.05, 0) is 19.1 Å². The second-order valence-corrected chi connectivity index (χ2v) is 3.61. The number of hydrogen-bond donors (Lipinski definition) is 1. The maximum absolute atomic E-state index is 11.9. The van der Waals surface area contributed by atoms with Gasteiger partial charge < -0.3 is 5.32 Å². The number of hydrogen-bond acceptors (Lipinski definition) is 3. The SMILES string of the molecule is C/C(=C\C(=O)C(F)(F)F)Nc1ccc(Cl)cn1. The van der Waals surface area contributed by atoms with Gasteiger partial charge in [0.05, 0.1) is 5.02 Å². The first kappa shape index (κ1) is 13.5. The summed E-state index contributed by atoms with van der Waals surface area (Å²) in [6, 6.07) is 3.01. The van der Waals surface area contributed by atoms with E-state index in [-0.39, 0.29) is 5.70 Å². The molecule has 1 aromatic heterocycles. The summed E-state index contributed by atoms with van der Waals surface area (Å²) in [5.41, 5.74) is 0.0437. The summed E-state index contributed by atoms with van der Waals surface area (Å²) in [6.07, 6.45) is -3.06. The van der Waals surface area contributed by atoms with Crippen LogP contribution in [0.1, 0.15) is 6.92 Å². The number of rotatable bonds is 3. The van der Waals surface area contributed by atoms with E-state index in [2.05, 4.69) is 10.3 Å². The number of nitrogens with one attached hydrogen (secondary N) is 1. The summed E-state index contributed by atoms with van der Waals surface area (Å²) >= 11 is 5.58. The van der Waals surface area contributed by atoms with Gasteiger partial charge in [-0.15, -0.1) is 0 Å². The zero-order valence-electron chi connectivity index (χ0n) is 8.68. The Morgan fingerprint density at radius 1 is 1.47 bits per heavy atom. The number of nitrogens with zero attached hydrogens (tertiary/aromatic N) is 1. The van der Waals surface area contributed by atoms with Crippen molar-refractivity contribution >= 4 is 23.2 Å². The van der Waals surface area contributed by atoms with E-state index >= 15 is 0 Å². The van der Waals surface area contributed by atoms with Crippen LogP contribution in [-0.2, 0) is 4.79 Å². The van der Waals surface area contributed by atoms with Crippen molar-refractivity contribution in [3.8, 4) is 0 Å². The van der Waals surface area contributed by atoms with E-state index < -0.39 is 12.0 Å². The number of alkyl halides is 3. The van der Waals surface area contributed by atoms with Crippen molar-refractivity contribution < 1.29 is 18.0 Å². The first-order chi connectivity index (χ1) is 7.79. The van der Waals surface area contributed by atoms with Gasteiger partial charge in [0.2, 0.25) is 0 Å². The second kappa shape index (κ2) is 5.18. The second-order valence-electron chi connectivity index (χ2n) is 3.18. The lowest BCUT2D eigenvalue weighted by Gasteiger charge is -2.06. The molecule has 0 radical (unpaired) electrons. The fourth-order valence-electron chi connectivity index (χ4n) is 0.966. The van der Waals surface area contributed by atoms with Crippen LogP contribution in [0.25, 0.3) is 0 Å². The summed E-state index contributed by atoms with van der Waals surface area (Å²) < 4.78 is 35.8. The van der Waals surface area contributed by atoms with E-state index in [0.29, 0.717) is 16.9 Å². The molecule has 0 saturated carbocycles. The maximum Gasteiger partial charge on any atom is 0.454 e. The normalized spacial score (nSPS) is 12.4. The van der Waals surface area contributed by atoms with Crippen LogP contribution in [0.2, 0.25) is 5.02 Å². The minimum absolute atomic E-state index is 0.0437. The zero-order chi connectivity index (χ0) is 13.1. The van der Waals surface area contributed by atoms with Crippen molar-refractivity contribution in [3.63, 3.8) is 0 Å². The van der Waals surface area contributed by atoms with Gasteiger partial charge in [0.15, 0.2) is 0 Å². The number of allylic oxidation sites excluding steroid dienone is 2. The molecule has 0 fully saturated rings. The molecular weight excluding hydrogens is 257 g/mol. The van der Waals surface area contributed by atoms with Crippen LogP contribution in [0, 0.1) is 0 Å². The van der Waals surface area contributed by atoms with Crippen LogP contribution < -0.4 is 5.32 Å². The van der Waals surface area contributed by atoms with Gasteiger partial charge in [-0.25, -0.2) is 4.98 Å². The van der Waals surface area contributed by atoms with E-state index in [1.165, 1.54) is 25.3 Å². The molecule has 1 rings (SSSR count). The Morgan fingerprint density at radius 2 is 2.12 bits per heavy atom. The molecule has 0 aliphatic heterocycles. The molecule has 0 saturated heterocycles. The molecule has 1 aromatic rings. The fraction of sp³-hybridized carbons (Fsp3) is 0.200. The fourth-order valence-corrected chi connectivity index (χ4v) is 1.08. The Bertz CT molecular complexity index is 440. The molecule has 0 atom stereocenters. The number of anilines is 1. The van der Waals surface area contributed by atoms with Gasteiger partial charge in [0.1, 0.15) is 5.82 Å². The van der Waals surface area contributed by atoms with Crippen LogP contribution in [0.15, 0.2) is 30.1 Å². The van der Waals surface area contributed by atoms with E-state index in [1.807, 2.05) is 0 Å². The van der Waals surface area contributed by atoms with Crippen molar-refractivity contribution in [2.45, 2.75) is 13.1 Å². The van der Waals surface area contributed by atoms with E-state index in [4.69, 9.17) is 11.6 Å². The van der Waals surface area contributed by atoms with E-state index in [9.17, 15) is 18.0 Å². The summed E-state index contributed by atoms with van der Waals surface area (Å²) in [4.78, 5) is 14.4. The number of aromatic nitrogens is 1. The Morgan fingerprint density at radius 3 is 2.59 bits per heavy atom. The number of halogens is 4. The first-order valence-electron chi connectivity index (χ1n) is 4.47. The summed E-state index contributed by atoms with van der Waals surface area (Å²) in [6.45, 7) is 1.33. The van der Waals surface area contributed by atoms with Gasteiger partial charge in [-0.3, -0.25) is 4.79 Å². The van der Waals surface area contributed by atoms with Crippen LogP contribution >= 0.6 is 11.6 Å². The third kappa shape index (κ3) is 4.44.